The maximum absolute atomic E-state index is 12.2. The summed E-state index contributed by atoms with van der Waals surface area (Å²) < 4.78 is 0. The summed E-state index contributed by atoms with van der Waals surface area (Å²) >= 11 is 5.86. The molecule has 1 aromatic rings. The zero-order valence-corrected chi connectivity index (χ0v) is 11.6. The fourth-order valence-corrected chi connectivity index (χ4v) is 1.85. The van der Waals surface area contributed by atoms with Crippen molar-refractivity contribution in [1.29, 1.82) is 0 Å². The topological polar surface area (TPSA) is 83.6 Å². The molecule has 0 unspecified atom stereocenters. The van der Waals surface area contributed by atoms with Crippen molar-refractivity contribution >= 4 is 29.2 Å². The van der Waals surface area contributed by atoms with Crippen LogP contribution in [0.2, 0.25) is 5.02 Å². The summed E-state index contributed by atoms with van der Waals surface area (Å²) in [5.41, 5.74) is 6.29. The van der Waals surface area contributed by atoms with E-state index in [0.29, 0.717) is 17.8 Å². The van der Waals surface area contributed by atoms with Crippen LogP contribution < -0.4 is 5.73 Å². The molecular weight excluding hydrogens is 268 g/mol. The maximum atomic E-state index is 12.2. The number of hydrogen-bond acceptors (Lipinski definition) is 3. The van der Waals surface area contributed by atoms with Gasteiger partial charge >= 0.3 is 5.97 Å². The summed E-state index contributed by atoms with van der Waals surface area (Å²) in [6.07, 6.45) is 0. The van der Waals surface area contributed by atoms with Gasteiger partial charge in [0.1, 0.15) is 6.54 Å². The zero-order valence-electron chi connectivity index (χ0n) is 10.9. The quantitative estimate of drug-likeness (QED) is 0.811. The van der Waals surface area contributed by atoms with E-state index in [1.165, 1.54) is 17.0 Å². The summed E-state index contributed by atoms with van der Waals surface area (Å²) in [7, 11) is 0. The van der Waals surface area contributed by atoms with Crippen molar-refractivity contribution in [2.45, 2.75) is 13.8 Å². The normalized spacial score (nSPS) is 10.5. The van der Waals surface area contributed by atoms with E-state index in [4.69, 9.17) is 22.4 Å². The Morgan fingerprint density at radius 2 is 2.05 bits per heavy atom. The Morgan fingerprint density at radius 3 is 2.53 bits per heavy atom. The second kappa shape index (κ2) is 6.43. The Hall–Kier alpha value is -1.75. The molecule has 0 fully saturated rings. The van der Waals surface area contributed by atoms with Crippen LogP contribution in [0.15, 0.2) is 18.2 Å². The van der Waals surface area contributed by atoms with Gasteiger partial charge in [0.05, 0.1) is 10.7 Å². The molecule has 0 aromatic heterocycles. The molecule has 3 N–H and O–H groups in total. The molecule has 1 rings (SSSR count). The fourth-order valence-electron chi connectivity index (χ4n) is 1.67. The number of amides is 1. The molecule has 0 aliphatic rings. The molecule has 19 heavy (non-hydrogen) atoms. The number of rotatable bonds is 5. The van der Waals surface area contributed by atoms with Crippen LogP contribution >= 0.6 is 11.6 Å². The molecule has 0 spiro atoms. The van der Waals surface area contributed by atoms with Crippen LogP contribution in [0.1, 0.15) is 24.2 Å². The summed E-state index contributed by atoms with van der Waals surface area (Å²) in [4.78, 5) is 24.3. The standard InChI is InChI=1S/C13H17ClN2O3/c1-8(2)6-16(7-12(17)18)13(19)9-3-4-11(15)10(14)5-9/h3-5,8H,6-7,15H2,1-2H3,(H,17,18). The number of aliphatic carboxylic acids is 1. The van der Waals surface area contributed by atoms with Gasteiger partial charge in [-0.2, -0.15) is 0 Å². The lowest BCUT2D eigenvalue weighted by atomic mass is 10.1. The first kappa shape index (κ1) is 15.3. The maximum Gasteiger partial charge on any atom is 0.323 e. The van der Waals surface area contributed by atoms with Gasteiger partial charge in [0.15, 0.2) is 0 Å². The van der Waals surface area contributed by atoms with Crippen LogP contribution in [0.25, 0.3) is 0 Å². The summed E-state index contributed by atoms with van der Waals surface area (Å²) in [6, 6.07) is 4.52. The molecule has 0 saturated carbocycles. The van der Waals surface area contributed by atoms with E-state index in [0.717, 1.165) is 0 Å². The zero-order chi connectivity index (χ0) is 14.6. The third-order valence-electron chi connectivity index (χ3n) is 2.45. The molecule has 0 atom stereocenters. The molecule has 0 aliphatic heterocycles. The van der Waals surface area contributed by atoms with Gasteiger partial charge in [-0.15, -0.1) is 0 Å². The first-order valence-corrected chi connectivity index (χ1v) is 6.25. The van der Waals surface area contributed by atoms with Gasteiger partial charge in [-0.05, 0) is 24.1 Å². The highest BCUT2D eigenvalue weighted by Crippen LogP contribution is 2.20. The van der Waals surface area contributed by atoms with E-state index >= 15 is 0 Å². The van der Waals surface area contributed by atoms with E-state index in [1.54, 1.807) is 6.07 Å². The summed E-state index contributed by atoms with van der Waals surface area (Å²) in [6.45, 7) is 3.86. The largest absolute Gasteiger partial charge is 0.480 e. The number of nitrogen functional groups attached to an aromatic ring is 1. The average molecular weight is 285 g/mol. The van der Waals surface area contributed by atoms with Gasteiger partial charge in [-0.3, -0.25) is 9.59 Å². The molecule has 1 amide bonds. The van der Waals surface area contributed by atoms with Gasteiger partial charge in [0.2, 0.25) is 0 Å². The average Bonchev–Trinajstić information content (AvgIpc) is 2.29. The van der Waals surface area contributed by atoms with E-state index in [9.17, 15) is 9.59 Å². The van der Waals surface area contributed by atoms with Crippen LogP contribution in [-0.4, -0.2) is 35.0 Å². The molecule has 0 bridgehead atoms. The minimum Gasteiger partial charge on any atom is -0.480 e. The van der Waals surface area contributed by atoms with Gasteiger partial charge < -0.3 is 15.7 Å². The van der Waals surface area contributed by atoms with Crippen molar-refractivity contribution in [3.8, 4) is 0 Å². The molecule has 0 saturated heterocycles. The smallest absolute Gasteiger partial charge is 0.323 e. The SMILES string of the molecule is CC(C)CN(CC(=O)O)C(=O)c1ccc(N)c(Cl)c1. The molecule has 0 heterocycles. The number of halogens is 1. The predicted molar refractivity (Wildman–Crippen MR) is 74.2 cm³/mol. The Morgan fingerprint density at radius 1 is 1.42 bits per heavy atom. The Balaban J connectivity index is 2.97. The number of nitrogens with zero attached hydrogens (tertiary/aromatic N) is 1. The highest BCUT2D eigenvalue weighted by Gasteiger charge is 2.20. The highest BCUT2D eigenvalue weighted by molar-refractivity contribution is 6.33. The van der Waals surface area contributed by atoms with Gasteiger partial charge in [-0.25, -0.2) is 0 Å². The van der Waals surface area contributed by atoms with Gasteiger partial charge in [-0.1, -0.05) is 25.4 Å². The lowest BCUT2D eigenvalue weighted by Crippen LogP contribution is -2.38. The van der Waals surface area contributed by atoms with Crippen LogP contribution in [0.3, 0.4) is 0 Å². The number of carbonyl (C=O) groups is 2. The second-order valence-corrected chi connectivity index (χ2v) is 5.12. The van der Waals surface area contributed by atoms with Crippen molar-refractivity contribution in [1.82, 2.24) is 4.90 Å². The van der Waals surface area contributed by atoms with E-state index in [2.05, 4.69) is 0 Å². The van der Waals surface area contributed by atoms with Crippen LogP contribution in [-0.2, 0) is 4.79 Å². The fraction of sp³-hybridized carbons (Fsp3) is 0.385. The van der Waals surface area contributed by atoms with Crippen LogP contribution in [0, 0.1) is 5.92 Å². The molecule has 0 aliphatic carbocycles. The predicted octanol–water partition coefficient (Wildman–Crippen LogP) is 2.11. The molecule has 104 valence electrons. The highest BCUT2D eigenvalue weighted by atomic mass is 35.5. The molecule has 0 radical (unpaired) electrons. The Kier molecular flexibility index (Phi) is 5.18. The Bertz CT molecular complexity index is 489. The van der Waals surface area contributed by atoms with Crippen LogP contribution in [0.5, 0.6) is 0 Å². The summed E-state index contributed by atoms with van der Waals surface area (Å²) in [5, 5.41) is 9.13. The van der Waals surface area contributed by atoms with Crippen molar-refractivity contribution in [3.05, 3.63) is 28.8 Å². The third-order valence-corrected chi connectivity index (χ3v) is 2.77. The lowest BCUT2D eigenvalue weighted by Gasteiger charge is -2.23. The number of hydrogen-bond donors (Lipinski definition) is 2. The molecular formula is C13H17ClN2O3. The molecule has 6 heteroatoms. The number of carbonyl (C=O) groups excluding carboxylic acids is 1. The summed E-state index contributed by atoms with van der Waals surface area (Å²) in [5.74, 6) is -1.24. The number of carboxylic acid groups (broad SMARTS) is 1. The molecule has 5 nitrogen and oxygen atoms in total. The van der Waals surface area contributed by atoms with Crippen molar-refractivity contribution in [3.63, 3.8) is 0 Å². The minimum atomic E-state index is -1.05. The molecule has 1 aromatic carbocycles. The van der Waals surface area contributed by atoms with Crippen LogP contribution in [0.4, 0.5) is 5.69 Å². The van der Waals surface area contributed by atoms with Gasteiger partial charge in [0, 0.05) is 12.1 Å². The van der Waals surface area contributed by atoms with Crippen molar-refractivity contribution < 1.29 is 14.7 Å². The number of benzene rings is 1. The van der Waals surface area contributed by atoms with Crippen molar-refractivity contribution in [2.24, 2.45) is 5.92 Å². The number of nitrogens with two attached hydrogens (primary N) is 1. The Labute approximate surface area is 117 Å². The van der Waals surface area contributed by atoms with E-state index < -0.39 is 5.97 Å². The van der Waals surface area contributed by atoms with Crippen molar-refractivity contribution in [2.75, 3.05) is 18.8 Å². The number of carboxylic acids is 1. The lowest BCUT2D eigenvalue weighted by molar-refractivity contribution is -0.137. The second-order valence-electron chi connectivity index (χ2n) is 4.71. The monoisotopic (exact) mass is 284 g/mol. The van der Waals surface area contributed by atoms with Gasteiger partial charge in [0.25, 0.3) is 5.91 Å². The van der Waals surface area contributed by atoms with E-state index in [1.807, 2.05) is 13.8 Å². The number of anilines is 1. The van der Waals surface area contributed by atoms with E-state index in [-0.39, 0.29) is 23.4 Å². The minimum absolute atomic E-state index is 0.174. The first-order chi connectivity index (χ1) is 8.81. The third kappa shape index (κ3) is 4.44. The first-order valence-electron chi connectivity index (χ1n) is 5.87.